The Morgan fingerprint density at radius 2 is 2.03 bits per heavy atom. The Hall–Kier alpha value is -4.28. The van der Waals surface area contributed by atoms with E-state index in [1.807, 2.05) is 18.2 Å². The van der Waals surface area contributed by atoms with Gasteiger partial charge in [-0.15, -0.1) is 0 Å². The quantitative estimate of drug-likeness (QED) is 0.653. The van der Waals surface area contributed by atoms with Gasteiger partial charge >= 0.3 is 12.1 Å². The SMILES string of the molecule is CNC(=O)Nc1ccc2c(c1)CCC21OC(=O)N(CC(=O)N2CCCC2c2cccc3c2OCO3)C1=O. The van der Waals surface area contributed by atoms with Crippen molar-refractivity contribution in [1.29, 1.82) is 0 Å². The summed E-state index contributed by atoms with van der Waals surface area (Å²) in [5.74, 6) is 0.413. The first-order chi connectivity index (χ1) is 17.9. The lowest BCUT2D eigenvalue weighted by Gasteiger charge is -2.27. The van der Waals surface area contributed by atoms with Gasteiger partial charge in [0.25, 0.3) is 5.91 Å². The van der Waals surface area contributed by atoms with E-state index < -0.39 is 24.1 Å². The van der Waals surface area contributed by atoms with Crippen LogP contribution in [0.2, 0.25) is 0 Å². The molecular weight excluding hydrogens is 480 g/mol. The molecule has 0 aromatic heterocycles. The van der Waals surface area contributed by atoms with Crippen LogP contribution in [-0.4, -0.2) is 60.7 Å². The average Bonchev–Trinajstić information content (AvgIpc) is 3.68. The molecule has 37 heavy (non-hydrogen) atoms. The zero-order valence-electron chi connectivity index (χ0n) is 20.2. The predicted octanol–water partition coefficient (Wildman–Crippen LogP) is 2.65. The topological polar surface area (TPSA) is 127 Å². The van der Waals surface area contributed by atoms with Crippen molar-refractivity contribution in [2.45, 2.75) is 37.3 Å². The highest BCUT2D eigenvalue weighted by Crippen LogP contribution is 2.47. The molecule has 2 N–H and O–H groups in total. The van der Waals surface area contributed by atoms with Gasteiger partial charge in [0.1, 0.15) is 6.54 Å². The van der Waals surface area contributed by atoms with Crippen molar-refractivity contribution in [2.24, 2.45) is 0 Å². The molecule has 5 amide bonds. The maximum Gasteiger partial charge on any atom is 0.418 e. The second kappa shape index (κ2) is 8.68. The van der Waals surface area contributed by atoms with Gasteiger partial charge in [-0.25, -0.2) is 14.5 Å². The van der Waals surface area contributed by atoms with Crippen LogP contribution in [-0.2, 0) is 26.3 Å². The Labute approximate surface area is 212 Å². The van der Waals surface area contributed by atoms with Crippen molar-refractivity contribution < 1.29 is 33.4 Å². The molecule has 1 spiro atoms. The van der Waals surface area contributed by atoms with Gasteiger partial charge in [-0.05, 0) is 43.0 Å². The number of carbonyl (C=O) groups excluding carboxylic acids is 4. The molecule has 2 unspecified atom stereocenters. The fourth-order valence-electron chi connectivity index (χ4n) is 5.75. The molecule has 11 nitrogen and oxygen atoms in total. The van der Waals surface area contributed by atoms with Crippen LogP contribution in [0.3, 0.4) is 0 Å². The third-order valence-electron chi connectivity index (χ3n) is 7.50. The lowest BCUT2D eigenvalue weighted by atomic mass is 9.94. The van der Waals surface area contributed by atoms with Gasteiger partial charge in [0.2, 0.25) is 18.3 Å². The van der Waals surface area contributed by atoms with Crippen molar-refractivity contribution >= 4 is 29.6 Å². The second-order valence-corrected chi connectivity index (χ2v) is 9.49. The summed E-state index contributed by atoms with van der Waals surface area (Å²) in [6.45, 7) is 0.252. The number of aryl methyl sites for hydroxylation is 1. The van der Waals surface area contributed by atoms with Crippen LogP contribution < -0.4 is 20.1 Å². The van der Waals surface area contributed by atoms with Crippen molar-refractivity contribution in [3.63, 3.8) is 0 Å². The highest BCUT2D eigenvalue weighted by molar-refractivity contribution is 6.06. The molecule has 3 heterocycles. The molecule has 6 rings (SSSR count). The molecule has 0 radical (unpaired) electrons. The van der Waals surface area contributed by atoms with Gasteiger partial charge < -0.3 is 29.7 Å². The van der Waals surface area contributed by atoms with Crippen LogP contribution in [0.25, 0.3) is 0 Å². The maximum atomic E-state index is 13.6. The number of carbonyl (C=O) groups is 4. The van der Waals surface area contributed by atoms with Crippen LogP contribution in [0, 0.1) is 0 Å². The first-order valence-electron chi connectivity index (χ1n) is 12.3. The van der Waals surface area contributed by atoms with Gasteiger partial charge in [0.05, 0.1) is 6.04 Å². The van der Waals surface area contributed by atoms with E-state index in [2.05, 4.69) is 10.6 Å². The van der Waals surface area contributed by atoms with Crippen LogP contribution in [0.5, 0.6) is 11.5 Å². The summed E-state index contributed by atoms with van der Waals surface area (Å²) < 4.78 is 16.8. The zero-order valence-corrected chi connectivity index (χ0v) is 20.2. The number of para-hydroxylation sites is 1. The molecule has 0 saturated carbocycles. The smallest absolute Gasteiger partial charge is 0.418 e. The summed E-state index contributed by atoms with van der Waals surface area (Å²) in [6, 6.07) is 10.1. The van der Waals surface area contributed by atoms with Gasteiger partial charge in [-0.3, -0.25) is 9.59 Å². The number of nitrogens with one attached hydrogen (secondary N) is 2. The van der Waals surface area contributed by atoms with E-state index in [0.29, 0.717) is 35.7 Å². The molecular formula is C26H26N4O7. The molecule has 0 bridgehead atoms. The highest BCUT2D eigenvalue weighted by atomic mass is 16.7. The van der Waals surface area contributed by atoms with Crippen molar-refractivity contribution in [3.8, 4) is 11.5 Å². The predicted molar refractivity (Wildman–Crippen MR) is 129 cm³/mol. The standard InChI is InChI=1S/C26H26N4O7/c1-27-24(33)28-16-7-8-18-15(12-16)9-10-26(18)23(32)30(25(34)37-26)13-21(31)29-11-3-5-19(29)17-4-2-6-20-22(17)36-14-35-20/h2,4,6-8,12,19H,3,5,9-11,13-14H2,1H3,(H2,27,28,33). The van der Waals surface area contributed by atoms with E-state index in [4.69, 9.17) is 14.2 Å². The summed E-state index contributed by atoms with van der Waals surface area (Å²) in [4.78, 5) is 54.1. The number of imide groups is 1. The minimum Gasteiger partial charge on any atom is -0.454 e. The van der Waals surface area contributed by atoms with Crippen LogP contribution in [0.1, 0.15) is 42.0 Å². The van der Waals surface area contributed by atoms with E-state index >= 15 is 0 Å². The minimum atomic E-state index is -1.45. The summed E-state index contributed by atoms with van der Waals surface area (Å²) in [6.07, 6.45) is 1.48. The van der Waals surface area contributed by atoms with E-state index in [-0.39, 0.29) is 31.2 Å². The van der Waals surface area contributed by atoms with Crippen molar-refractivity contribution in [3.05, 3.63) is 53.1 Å². The number of hydrogen-bond donors (Lipinski definition) is 2. The van der Waals surface area contributed by atoms with Crippen molar-refractivity contribution in [1.82, 2.24) is 15.1 Å². The van der Waals surface area contributed by atoms with Gasteiger partial charge in [0, 0.05) is 36.8 Å². The van der Waals surface area contributed by atoms with Crippen LogP contribution in [0.4, 0.5) is 15.3 Å². The van der Waals surface area contributed by atoms with E-state index in [1.165, 1.54) is 7.05 Å². The van der Waals surface area contributed by atoms with Crippen LogP contribution in [0.15, 0.2) is 36.4 Å². The number of nitrogens with zero attached hydrogens (tertiary/aromatic N) is 2. The first kappa shape index (κ1) is 23.1. The molecule has 1 aliphatic carbocycles. The molecule has 2 saturated heterocycles. The monoisotopic (exact) mass is 506 g/mol. The number of anilines is 1. The normalized spacial score (nSPS) is 23.4. The number of rotatable bonds is 4. The molecule has 11 heteroatoms. The summed E-state index contributed by atoms with van der Waals surface area (Å²) in [5, 5.41) is 5.19. The van der Waals surface area contributed by atoms with E-state index in [1.54, 1.807) is 23.1 Å². The number of hydrogen-bond acceptors (Lipinski definition) is 7. The third-order valence-corrected chi connectivity index (χ3v) is 7.50. The van der Waals surface area contributed by atoms with Crippen LogP contribution >= 0.6 is 0 Å². The number of fused-ring (bicyclic) bond motifs is 3. The van der Waals surface area contributed by atoms with Gasteiger partial charge in [-0.1, -0.05) is 18.2 Å². The highest BCUT2D eigenvalue weighted by Gasteiger charge is 2.58. The largest absolute Gasteiger partial charge is 0.454 e. The molecule has 3 aliphatic heterocycles. The number of likely N-dealkylation sites (tertiary alicyclic amines) is 1. The van der Waals surface area contributed by atoms with Gasteiger partial charge in [0.15, 0.2) is 11.5 Å². The summed E-state index contributed by atoms with van der Waals surface area (Å²) in [5.41, 5.74) is 1.37. The molecule has 2 aromatic rings. The molecule has 192 valence electrons. The molecule has 2 fully saturated rings. The molecule has 2 atom stereocenters. The Balaban J connectivity index is 1.21. The number of benzene rings is 2. The zero-order chi connectivity index (χ0) is 25.7. The lowest BCUT2D eigenvalue weighted by molar-refractivity contribution is -0.142. The Bertz CT molecular complexity index is 1330. The summed E-state index contributed by atoms with van der Waals surface area (Å²) >= 11 is 0. The first-order valence-corrected chi connectivity index (χ1v) is 12.3. The molecule has 2 aromatic carbocycles. The molecule has 4 aliphatic rings. The van der Waals surface area contributed by atoms with E-state index in [9.17, 15) is 19.2 Å². The minimum absolute atomic E-state index is 0.133. The van der Waals surface area contributed by atoms with E-state index in [0.717, 1.165) is 28.9 Å². The van der Waals surface area contributed by atoms with Crippen molar-refractivity contribution in [2.75, 3.05) is 32.2 Å². The summed E-state index contributed by atoms with van der Waals surface area (Å²) in [7, 11) is 1.52. The maximum absolute atomic E-state index is 13.6. The Morgan fingerprint density at radius 3 is 2.86 bits per heavy atom. The number of amides is 5. The second-order valence-electron chi connectivity index (χ2n) is 9.49. The Morgan fingerprint density at radius 1 is 1.16 bits per heavy atom. The third kappa shape index (κ3) is 3.64. The number of ether oxygens (including phenoxy) is 3. The Kier molecular flexibility index (Phi) is 5.43. The fourth-order valence-corrected chi connectivity index (χ4v) is 5.75. The number of urea groups is 1. The van der Waals surface area contributed by atoms with Gasteiger partial charge in [-0.2, -0.15) is 0 Å². The fraction of sp³-hybridized carbons (Fsp3) is 0.385. The lowest BCUT2D eigenvalue weighted by Crippen LogP contribution is -2.44. The average molecular weight is 507 g/mol.